The summed E-state index contributed by atoms with van der Waals surface area (Å²) in [5, 5.41) is 20.8. The summed E-state index contributed by atoms with van der Waals surface area (Å²) in [6, 6.07) is 0. The summed E-state index contributed by atoms with van der Waals surface area (Å²) in [5.74, 6) is -0.242. The fraction of sp³-hybridized carbons (Fsp3) is 0.833. The Morgan fingerprint density at radius 2 is 2.06 bits per heavy atom. The highest BCUT2D eigenvalue weighted by atomic mass is 16.4. The fourth-order valence-electron chi connectivity index (χ4n) is 3.03. The highest BCUT2D eigenvalue weighted by Crippen LogP contribution is 2.48. The summed E-state index contributed by atoms with van der Waals surface area (Å²) in [4.78, 5) is 22.6. The smallest absolute Gasteiger partial charge is 0.337 e. The third kappa shape index (κ3) is 2.44. The largest absolute Gasteiger partial charge is 0.479 e. The number of carbonyl (C=O) groups is 2. The molecule has 2 aliphatic rings. The van der Waals surface area contributed by atoms with Gasteiger partial charge in [-0.3, -0.25) is 4.79 Å². The molecule has 4 atom stereocenters. The molecule has 0 aromatic carbocycles. The molecule has 3 N–H and O–H groups in total. The number of aliphatic hydroxyl groups is 1. The maximum Gasteiger partial charge on any atom is 0.337 e. The molecule has 17 heavy (non-hydrogen) atoms. The van der Waals surface area contributed by atoms with Crippen molar-refractivity contribution in [1.29, 1.82) is 0 Å². The van der Waals surface area contributed by atoms with Gasteiger partial charge < -0.3 is 15.5 Å². The Kier molecular flexibility index (Phi) is 3.12. The number of hydrogen-bond donors (Lipinski definition) is 3. The summed E-state index contributed by atoms with van der Waals surface area (Å²) >= 11 is 0. The Labute approximate surface area is 100 Å². The predicted molar refractivity (Wildman–Crippen MR) is 60.2 cm³/mol. The Morgan fingerprint density at radius 1 is 1.35 bits per heavy atom. The van der Waals surface area contributed by atoms with Crippen molar-refractivity contribution in [3.05, 3.63) is 0 Å². The van der Waals surface area contributed by atoms with Crippen molar-refractivity contribution in [2.45, 2.75) is 38.2 Å². The molecule has 2 fully saturated rings. The Hall–Kier alpha value is -1.10. The third-order valence-electron chi connectivity index (χ3n) is 4.14. The molecule has 0 spiro atoms. The van der Waals surface area contributed by atoms with Crippen molar-refractivity contribution in [2.75, 3.05) is 6.54 Å². The quantitative estimate of drug-likeness (QED) is 0.664. The van der Waals surface area contributed by atoms with Crippen LogP contribution in [0.1, 0.15) is 32.6 Å². The van der Waals surface area contributed by atoms with Crippen LogP contribution in [-0.4, -0.2) is 34.2 Å². The van der Waals surface area contributed by atoms with Crippen LogP contribution in [0.25, 0.3) is 0 Å². The second-order valence-corrected chi connectivity index (χ2v) is 5.58. The van der Waals surface area contributed by atoms with Gasteiger partial charge in [0.1, 0.15) is 0 Å². The van der Waals surface area contributed by atoms with E-state index in [0.717, 1.165) is 19.3 Å². The molecule has 2 saturated carbocycles. The van der Waals surface area contributed by atoms with Gasteiger partial charge in [0.25, 0.3) is 0 Å². The average Bonchev–Trinajstić information content (AvgIpc) is 2.87. The predicted octanol–water partition coefficient (Wildman–Crippen LogP) is 0.374. The first-order valence-corrected chi connectivity index (χ1v) is 6.13. The van der Waals surface area contributed by atoms with Crippen LogP contribution in [0.5, 0.6) is 0 Å². The van der Waals surface area contributed by atoms with E-state index in [1.807, 2.05) is 0 Å². The number of nitrogens with one attached hydrogen (secondary N) is 1. The maximum atomic E-state index is 11.9. The van der Waals surface area contributed by atoms with Crippen molar-refractivity contribution in [2.24, 2.45) is 17.8 Å². The minimum absolute atomic E-state index is 0.0262. The average molecular weight is 241 g/mol. The lowest BCUT2D eigenvalue weighted by Crippen LogP contribution is -2.48. The summed E-state index contributed by atoms with van der Waals surface area (Å²) in [7, 11) is 0. The lowest BCUT2D eigenvalue weighted by atomic mass is 9.88. The van der Waals surface area contributed by atoms with Gasteiger partial charge in [-0.05, 0) is 38.0 Å². The van der Waals surface area contributed by atoms with Crippen LogP contribution in [0, 0.1) is 17.8 Å². The first-order valence-electron chi connectivity index (χ1n) is 6.13. The van der Waals surface area contributed by atoms with Crippen LogP contribution in [-0.2, 0) is 9.59 Å². The van der Waals surface area contributed by atoms with Gasteiger partial charge in [-0.1, -0.05) is 6.42 Å². The first kappa shape index (κ1) is 12.4. The molecule has 4 unspecified atom stereocenters. The molecule has 1 amide bonds. The van der Waals surface area contributed by atoms with Crippen molar-refractivity contribution < 1.29 is 19.8 Å². The minimum atomic E-state index is -1.88. The zero-order valence-corrected chi connectivity index (χ0v) is 9.98. The van der Waals surface area contributed by atoms with Gasteiger partial charge in [-0.25, -0.2) is 4.79 Å². The molecule has 0 aromatic heterocycles. The van der Waals surface area contributed by atoms with E-state index in [9.17, 15) is 14.7 Å². The van der Waals surface area contributed by atoms with Gasteiger partial charge in [-0.2, -0.15) is 0 Å². The van der Waals surface area contributed by atoms with Gasteiger partial charge in [0.05, 0.1) is 6.54 Å². The molecule has 0 heterocycles. The molecule has 0 aromatic rings. The highest BCUT2D eigenvalue weighted by Gasteiger charge is 2.43. The summed E-state index contributed by atoms with van der Waals surface area (Å²) in [6.07, 6.45) is 4.39. The first-order chi connectivity index (χ1) is 7.90. The molecule has 2 bridgehead atoms. The van der Waals surface area contributed by atoms with E-state index in [1.54, 1.807) is 0 Å². The Bertz CT molecular complexity index is 339. The molecule has 96 valence electrons. The highest BCUT2D eigenvalue weighted by molar-refractivity contribution is 5.82. The number of carbonyl (C=O) groups excluding carboxylic acids is 1. The molecule has 5 heteroatoms. The zero-order valence-electron chi connectivity index (χ0n) is 9.98. The van der Waals surface area contributed by atoms with E-state index >= 15 is 0 Å². The minimum Gasteiger partial charge on any atom is -0.479 e. The van der Waals surface area contributed by atoms with Crippen LogP contribution < -0.4 is 5.32 Å². The molecule has 0 saturated heterocycles. The van der Waals surface area contributed by atoms with Crippen LogP contribution in [0.4, 0.5) is 0 Å². The fourth-order valence-corrected chi connectivity index (χ4v) is 3.03. The monoisotopic (exact) mass is 241 g/mol. The number of amides is 1. The number of carboxylic acid groups (broad SMARTS) is 1. The van der Waals surface area contributed by atoms with E-state index in [1.165, 1.54) is 13.3 Å². The lowest BCUT2D eigenvalue weighted by Gasteiger charge is -2.23. The van der Waals surface area contributed by atoms with E-state index in [2.05, 4.69) is 5.32 Å². The number of aliphatic carboxylic acids is 1. The molecular weight excluding hydrogens is 222 g/mol. The molecular formula is C12H19NO4. The molecule has 2 rings (SSSR count). The van der Waals surface area contributed by atoms with Gasteiger partial charge in [-0.15, -0.1) is 0 Å². The van der Waals surface area contributed by atoms with Gasteiger partial charge in [0, 0.05) is 5.92 Å². The number of fused-ring (bicyclic) bond motifs is 2. The Balaban J connectivity index is 1.84. The van der Waals surface area contributed by atoms with Crippen LogP contribution >= 0.6 is 0 Å². The third-order valence-corrected chi connectivity index (χ3v) is 4.14. The van der Waals surface area contributed by atoms with Crippen molar-refractivity contribution in [1.82, 2.24) is 5.32 Å². The van der Waals surface area contributed by atoms with Crippen LogP contribution in [0.15, 0.2) is 0 Å². The van der Waals surface area contributed by atoms with Crippen molar-refractivity contribution in [3.63, 3.8) is 0 Å². The van der Waals surface area contributed by atoms with E-state index in [-0.39, 0.29) is 18.4 Å². The number of carboxylic acids is 1. The van der Waals surface area contributed by atoms with E-state index < -0.39 is 11.6 Å². The summed E-state index contributed by atoms with van der Waals surface area (Å²) in [6.45, 7) is 0.964. The maximum absolute atomic E-state index is 11.9. The van der Waals surface area contributed by atoms with Crippen LogP contribution in [0.2, 0.25) is 0 Å². The Morgan fingerprint density at radius 3 is 2.53 bits per heavy atom. The van der Waals surface area contributed by atoms with E-state index in [4.69, 9.17) is 5.11 Å². The van der Waals surface area contributed by atoms with E-state index in [0.29, 0.717) is 11.8 Å². The lowest BCUT2D eigenvalue weighted by molar-refractivity contribution is -0.156. The molecule has 0 radical (unpaired) electrons. The number of rotatable bonds is 4. The zero-order chi connectivity index (χ0) is 12.6. The summed E-state index contributed by atoms with van der Waals surface area (Å²) < 4.78 is 0. The molecule has 5 nitrogen and oxygen atoms in total. The standard InChI is InChI=1S/C12H19NO4/c1-12(17,11(15)16)6-13-10(14)9-5-7-2-3-8(9)4-7/h7-9,17H,2-6H2,1H3,(H,13,14)(H,15,16). The van der Waals surface area contributed by atoms with Crippen molar-refractivity contribution >= 4 is 11.9 Å². The second kappa shape index (κ2) is 4.29. The normalized spacial score (nSPS) is 34.4. The second-order valence-electron chi connectivity index (χ2n) is 5.58. The van der Waals surface area contributed by atoms with Crippen molar-refractivity contribution in [3.8, 4) is 0 Å². The topological polar surface area (TPSA) is 86.6 Å². The van der Waals surface area contributed by atoms with Crippen LogP contribution in [0.3, 0.4) is 0 Å². The summed E-state index contributed by atoms with van der Waals surface area (Å²) in [5.41, 5.74) is -1.88. The van der Waals surface area contributed by atoms with Gasteiger partial charge in [0.15, 0.2) is 5.60 Å². The number of hydrogen-bond acceptors (Lipinski definition) is 3. The SMILES string of the molecule is CC(O)(CNC(=O)C1CC2CCC1C2)C(=O)O. The molecule has 2 aliphatic carbocycles. The molecule has 0 aliphatic heterocycles. The van der Waals surface area contributed by atoms with Gasteiger partial charge in [0.2, 0.25) is 5.91 Å². The van der Waals surface area contributed by atoms with Gasteiger partial charge >= 0.3 is 5.97 Å².